The number of hydrogen-bond acceptors (Lipinski definition) is 1. The molecule has 2 aromatic carbocycles. The molecule has 2 aromatic rings. The van der Waals surface area contributed by atoms with Gasteiger partial charge in [0, 0.05) is 11.6 Å². The van der Waals surface area contributed by atoms with Crippen LogP contribution in [0.4, 0.5) is 0 Å². The maximum atomic E-state index is 5.14. The summed E-state index contributed by atoms with van der Waals surface area (Å²) in [5.74, 6) is 0. The zero-order valence-corrected chi connectivity index (χ0v) is 11.4. The lowest BCUT2D eigenvalue weighted by molar-refractivity contribution is 0.185. The molecule has 2 rings (SSSR count). The second kappa shape index (κ2) is 5.99. The highest BCUT2D eigenvalue weighted by Gasteiger charge is 1.98. The molecule has 0 aliphatic heterocycles. The lowest BCUT2D eigenvalue weighted by Gasteiger charge is -2.05. The SMILES string of the molecule is COCc1cccc(Cc2ccc(Br)cc2)c1. The predicted octanol–water partition coefficient (Wildman–Crippen LogP) is 4.19. The van der Waals surface area contributed by atoms with E-state index < -0.39 is 0 Å². The van der Waals surface area contributed by atoms with Gasteiger partial charge in [-0.3, -0.25) is 0 Å². The van der Waals surface area contributed by atoms with Crippen molar-refractivity contribution in [1.82, 2.24) is 0 Å². The van der Waals surface area contributed by atoms with E-state index in [1.165, 1.54) is 16.7 Å². The third-order valence-electron chi connectivity index (χ3n) is 2.62. The summed E-state index contributed by atoms with van der Waals surface area (Å²) in [5, 5.41) is 0. The molecule has 0 aliphatic rings. The fraction of sp³-hybridized carbons (Fsp3) is 0.200. The number of rotatable bonds is 4. The average molecular weight is 291 g/mol. The van der Waals surface area contributed by atoms with Gasteiger partial charge in [0.2, 0.25) is 0 Å². The molecule has 2 heteroatoms. The molecule has 0 heterocycles. The lowest BCUT2D eigenvalue weighted by Crippen LogP contribution is -1.92. The van der Waals surface area contributed by atoms with Gasteiger partial charge >= 0.3 is 0 Å². The van der Waals surface area contributed by atoms with Crippen LogP contribution in [0, 0.1) is 0 Å². The summed E-state index contributed by atoms with van der Waals surface area (Å²) < 4.78 is 6.26. The Labute approximate surface area is 111 Å². The molecule has 1 nitrogen and oxygen atoms in total. The molecule has 0 spiro atoms. The molecule has 0 saturated carbocycles. The van der Waals surface area contributed by atoms with Crippen LogP contribution in [0.25, 0.3) is 0 Å². The monoisotopic (exact) mass is 290 g/mol. The standard InChI is InChI=1S/C15H15BrO/c1-17-11-14-4-2-3-13(10-14)9-12-5-7-15(16)8-6-12/h2-8,10H,9,11H2,1H3. The first-order chi connectivity index (χ1) is 8.28. The van der Waals surface area contributed by atoms with Crippen molar-refractivity contribution in [2.45, 2.75) is 13.0 Å². The molecule has 0 radical (unpaired) electrons. The molecule has 0 amide bonds. The van der Waals surface area contributed by atoms with Gasteiger partial charge in [0.05, 0.1) is 6.61 Å². The molecular formula is C15H15BrO. The van der Waals surface area contributed by atoms with Crippen molar-refractivity contribution in [1.29, 1.82) is 0 Å². The highest BCUT2D eigenvalue weighted by Crippen LogP contribution is 2.15. The molecule has 0 aromatic heterocycles. The Balaban J connectivity index is 2.12. The zero-order chi connectivity index (χ0) is 12.1. The molecule has 0 N–H and O–H groups in total. The third kappa shape index (κ3) is 3.69. The minimum absolute atomic E-state index is 0.675. The Morgan fingerprint density at radius 3 is 2.35 bits per heavy atom. The average Bonchev–Trinajstić information content (AvgIpc) is 2.33. The molecular weight excluding hydrogens is 276 g/mol. The molecule has 0 fully saturated rings. The third-order valence-corrected chi connectivity index (χ3v) is 3.15. The van der Waals surface area contributed by atoms with Crippen molar-refractivity contribution in [2.24, 2.45) is 0 Å². The quantitative estimate of drug-likeness (QED) is 0.821. The van der Waals surface area contributed by atoms with Gasteiger partial charge in [-0.25, -0.2) is 0 Å². The smallest absolute Gasteiger partial charge is 0.0713 e. The van der Waals surface area contributed by atoms with Gasteiger partial charge in [0.1, 0.15) is 0 Å². The lowest BCUT2D eigenvalue weighted by atomic mass is 10.0. The van der Waals surface area contributed by atoms with Crippen LogP contribution in [0.5, 0.6) is 0 Å². The van der Waals surface area contributed by atoms with Gasteiger partial charge in [0.25, 0.3) is 0 Å². The molecule has 88 valence electrons. The molecule has 0 aliphatic carbocycles. The van der Waals surface area contributed by atoms with Crippen molar-refractivity contribution in [3.05, 3.63) is 69.7 Å². The van der Waals surface area contributed by atoms with Gasteiger partial charge in [-0.1, -0.05) is 52.3 Å². The zero-order valence-electron chi connectivity index (χ0n) is 9.82. The first-order valence-corrected chi connectivity index (χ1v) is 6.38. The van der Waals surface area contributed by atoms with Crippen molar-refractivity contribution >= 4 is 15.9 Å². The molecule has 0 bridgehead atoms. The summed E-state index contributed by atoms with van der Waals surface area (Å²) in [5.41, 5.74) is 3.87. The van der Waals surface area contributed by atoms with Crippen LogP contribution >= 0.6 is 15.9 Å². The van der Waals surface area contributed by atoms with E-state index in [0.717, 1.165) is 10.9 Å². The normalized spacial score (nSPS) is 10.5. The summed E-state index contributed by atoms with van der Waals surface area (Å²) in [4.78, 5) is 0. The first-order valence-electron chi connectivity index (χ1n) is 5.59. The predicted molar refractivity (Wildman–Crippen MR) is 74.1 cm³/mol. The van der Waals surface area contributed by atoms with Gasteiger partial charge in [0.15, 0.2) is 0 Å². The van der Waals surface area contributed by atoms with E-state index in [9.17, 15) is 0 Å². The van der Waals surface area contributed by atoms with Crippen LogP contribution in [-0.2, 0) is 17.8 Å². The Bertz CT molecular complexity index is 477. The molecule has 0 unspecified atom stereocenters. The number of hydrogen-bond donors (Lipinski definition) is 0. The van der Waals surface area contributed by atoms with Crippen molar-refractivity contribution in [3.8, 4) is 0 Å². The van der Waals surface area contributed by atoms with Gasteiger partial charge in [-0.05, 0) is 35.2 Å². The second-order valence-electron chi connectivity index (χ2n) is 4.06. The van der Waals surface area contributed by atoms with Gasteiger partial charge in [-0.15, -0.1) is 0 Å². The number of benzene rings is 2. The minimum atomic E-state index is 0.675. The van der Waals surface area contributed by atoms with Crippen LogP contribution in [0.15, 0.2) is 53.0 Å². The van der Waals surface area contributed by atoms with Crippen LogP contribution < -0.4 is 0 Å². The maximum Gasteiger partial charge on any atom is 0.0713 e. The highest BCUT2D eigenvalue weighted by atomic mass is 79.9. The fourth-order valence-electron chi connectivity index (χ4n) is 1.83. The van der Waals surface area contributed by atoms with Crippen molar-refractivity contribution < 1.29 is 4.74 Å². The Morgan fingerprint density at radius 1 is 0.941 bits per heavy atom. The van der Waals surface area contributed by atoms with Crippen LogP contribution in [0.3, 0.4) is 0 Å². The van der Waals surface area contributed by atoms with Gasteiger partial charge in [-0.2, -0.15) is 0 Å². The van der Waals surface area contributed by atoms with Crippen LogP contribution in [0.1, 0.15) is 16.7 Å². The van der Waals surface area contributed by atoms with E-state index in [1.54, 1.807) is 7.11 Å². The maximum absolute atomic E-state index is 5.14. The van der Waals surface area contributed by atoms with Crippen molar-refractivity contribution in [3.63, 3.8) is 0 Å². The molecule has 0 saturated heterocycles. The summed E-state index contributed by atoms with van der Waals surface area (Å²) in [6.07, 6.45) is 0.963. The summed E-state index contributed by atoms with van der Waals surface area (Å²) in [6, 6.07) is 17.0. The van der Waals surface area contributed by atoms with E-state index in [4.69, 9.17) is 4.74 Å². The number of ether oxygens (including phenoxy) is 1. The van der Waals surface area contributed by atoms with E-state index in [0.29, 0.717) is 6.61 Å². The summed E-state index contributed by atoms with van der Waals surface area (Å²) in [6.45, 7) is 0.675. The Morgan fingerprint density at radius 2 is 1.65 bits per heavy atom. The Kier molecular flexibility index (Phi) is 4.35. The van der Waals surface area contributed by atoms with E-state index in [2.05, 4.69) is 64.5 Å². The van der Waals surface area contributed by atoms with Crippen LogP contribution in [0.2, 0.25) is 0 Å². The van der Waals surface area contributed by atoms with Gasteiger partial charge < -0.3 is 4.74 Å². The van der Waals surface area contributed by atoms with E-state index in [1.807, 2.05) is 0 Å². The summed E-state index contributed by atoms with van der Waals surface area (Å²) >= 11 is 3.45. The first kappa shape index (κ1) is 12.3. The largest absolute Gasteiger partial charge is 0.380 e. The van der Waals surface area contributed by atoms with E-state index in [-0.39, 0.29) is 0 Å². The van der Waals surface area contributed by atoms with Crippen LogP contribution in [-0.4, -0.2) is 7.11 Å². The Hall–Kier alpha value is -1.12. The second-order valence-corrected chi connectivity index (χ2v) is 4.97. The highest BCUT2D eigenvalue weighted by molar-refractivity contribution is 9.10. The molecule has 0 atom stereocenters. The fourth-order valence-corrected chi connectivity index (χ4v) is 2.10. The number of halogens is 1. The minimum Gasteiger partial charge on any atom is -0.380 e. The van der Waals surface area contributed by atoms with Crippen molar-refractivity contribution in [2.75, 3.05) is 7.11 Å². The molecule has 17 heavy (non-hydrogen) atoms. The van der Waals surface area contributed by atoms with E-state index >= 15 is 0 Å². The topological polar surface area (TPSA) is 9.23 Å². The number of methoxy groups -OCH3 is 1. The summed E-state index contributed by atoms with van der Waals surface area (Å²) in [7, 11) is 1.72.